The van der Waals surface area contributed by atoms with E-state index in [4.69, 9.17) is 9.56 Å². The van der Waals surface area contributed by atoms with Crippen molar-refractivity contribution >= 4 is 27.7 Å². The van der Waals surface area contributed by atoms with Crippen molar-refractivity contribution in [2.45, 2.75) is 24.2 Å². The number of nitrogens with two attached hydrogens (primary N) is 1. The molecule has 0 aliphatic heterocycles. The van der Waals surface area contributed by atoms with E-state index in [0.29, 0.717) is 23.3 Å². The minimum Gasteiger partial charge on any atom is -0.461 e. The van der Waals surface area contributed by atoms with Crippen molar-refractivity contribution in [1.82, 2.24) is 0 Å². The van der Waals surface area contributed by atoms with Gasteiger partial charge in [0.05, 0.1) is 4.90 Å². The molecule has 0 bridgehead atoms. The Hall–Kier alpha value is -2.38. The lowest BCUT2D eigenvalue weighted by Gasteiger charge is -2.03. The number of amides is 1. The summed E-state index contributed by atoms with van der Waals surface area (Å²) in [6.07, 6.45) is 4.11. The minimum atomic E-state index is -3.74. The van der Waals surface area contributed by atoms with Crippen LogP contribution < -0.4 is 10.5 Å². The second-order valence-corrected chi connectivity index (χ2v) is 7.51. The summed E-state index contributed by atoms with van der Waals surface area (Å²) in [4.78, 5) is 11.9. The second-order valence-electron chi connectivity index (χ2n) is 5.95. The molecule has 1 aliphatic rings. The normalized spacial score (nSPS) is 20.2. The van der Waals surface area contributed by atoms with Gasteiger partial charge in [0.15, 0.2) is 0 Å². The van der Waals surface area contributed by atoms with Gasteiger partial charge in [0.25, 0.3) is 0 Å². The quantitative estimate of drug-likeness (QED) is 0.813. The van der Waals surface area contributed by atoms with E-state index in [1.165, 1.54) is 30.3 Å². The van der Waals surface area contributed by atoms with Gasteiger partial charge in [-0.15, -0.1) is 0 Å². The third-order valence-corrected chi connectivity index (χ3v) is 4.90. The highest BCUT2D eigenvalue weighted by atomic mass is 32.2. The Morgan fingerprint density at radius 1 is 1.25 bits per heavy atom. The molecule has 1 fully saturated rings. The number of hydrogen-bond acceptors (Lipinski definition) is 4. The largest absolute Gasteiger partial charge is 0.461 e. The number of nitrogens with one attached hydrogen (secondary N) is 1. The summed E-state index contributed by atoms with van der Waals surface area (Å²) in [6.45, 7) is 2.18. The fourth-order valence-corrected chi connectivity index (χ4v) is 2.96. The van der Waals surface area contributed by atoms with Crippen LogP contribution in [0.2, 0.25) is 0 Å². The lowest BCUT2D eigenvalue weighted by Crippen LogP contribution is -2.12. The first-order chi connectivity index (χ1) is 11.3. The van der Waals surface area contributed by atoms with Gasteiger partial charge in [0, 0.05) is 17.7 Å². The van der Waals surface area contributed by atoms with Crippen LogP contribution in [0.25, 0.3) is 6.08 Å². The number of hydrogen-bond donors (Lipinski definition) is 2. The number of rotatable bonds is 5. The van der Waals surface area contributed by atoms with E-state index in [2.05, 4.69) is 12.2 Å². The number of sulfonamides is 1. The van der Waals surface area contributed by atoms with Gasteiger partial charge < -0.3 is 9.73 Å². The molecule has 6 nitrogen and oxygen atoms in total. The average Bonchev–Trinajstić information content (AvgIpc) is 3.07. The zero-order valence-electron chi connectivity index (χ0n) is 13.1. The molecule has 2 unspecified atom stereocenters. The highest BCUT2D eigenvalue weighted by Gasteiger charge is 2.36. The number of furan rings is 1. The lowest BCUT2D eigenvalue weighted by atomic mass is 10.3. The highest BCUT2D eigenvalue weighted by Crippen LogP contribution is 2.47. The van der Waals surface area contributed by atoms with Crippen LogP contribution in [0.3, 0.4) is 0 Å². The van der Waals surface area contributed by atoms with E-state index in [1.807, 2.05) is 12.1 Å². The number of primary sulfonamides is 1. The molecule has 7 heteroatoms. The van der Waals surface area contributed by atoms with Crippen LogP contribution in [0.4, 0.5) is 5.69 Å². The lowest BCUT2D eigenvalue weighted by molar-refractivity contribution is -0.111. The molecule has 1 amide bonds. The Balaban J connectivity index is 1.60. The van der Waals surface area contributed by atoms with Crippen molar-refractivity contribution < 1.29 is 17.6 Å². The molecule has 1 aliphatic carbocycles. The van der Waals surface area contributed by atoms with Crippen molar-refractivity contribution in [3.8, 4) is 0 Å². The van der Waals surface area contributed by atoms with Gasteiger partial charge in [-0.2, -0.15) is 0 Å². The van der Waals surface area contributed by atoms with E-state index >= 15 is 0 Å². The van der Waals surface area contributed by atoms with Crippen molar-refractivity contribution in [2.75, 3.05) is 5.32 Å². The first kappa shape index (κ1) is 16.5. The van der Waals surface area contributed by atoms with Crippen molar-refractivity contribution in [3.63, 3.8) is 0 Å². The van der Waals surface area contributed by atoms with Crippen LogP contribution in [0.5, 0.6) is 0 Å². The number of carbonyl (C=O) groups excluding carboxylic acids is 1. The third kappa shape index (κ3) is 3.93. The van der Waals surface area contributed by atoms with Crippen molar-refractivity contribution in [3.05, 3.63) is 54.0 Å². The van der Waals surface area contributed by atoms with Crippen LogP contribution in [-0.2, 0) is 14.8 Å². The van der Waals surface area contributed by atoms with E-state index in [0.717, 1.165) is 12.2 Å². The highest BCUT2D eigenvalue weighted by molar-refractivity contribution is 7.89. The van der Waals surface area contributed by atoms with Gasteiger partial charge in [-0.05, 0) is 54.8 Å². The van der Waals surface area contributed by atoms with E-state index < -0.39 is 10.0 Å². The number of anilines is 1. The topological polar surface area (TPSA) is 102 Å². The third-order valence-electron chi connectivity index (χ3n) is 3.97. The smallest absolute Gasteiger partial charge is 0.248 e. The summed E-state index contributed by atoms with van der Waals surface area (Å²) in [5.74, 6) is 2.41. The predicted molar refractivity (Wildman–Crippen MR) is 90.7 cm³/mol. The van der Waals surface area contributed by atoms with Gasteiger partial charge in [-0.25, -0.2) is 13.6 Å². The molecule has 3 N–H and O–H groups in total. The summed E-state index contributed by atoms with van der Waals surface area (Å²) >= 11 is 0. The van der Waals surface area contributed by atoms with Crippen LogP contribution in [0.15, 0.2) is 51.8 Å². The molecular formula is C17H18N2O4S. The maximum atomic E-state index is 11.9. The fourth-order valence-electron chi connectivity index (χ4n) is 2.45. The molecule has 2 atom stereocenters. The van der Waals surface area contributed by atoms with Gasteiger partial charge in [0.1, 0.15) is 11.5 Å². The predicted octanol–water partition coefficient (Wildman–Crippen LogP) is 2.70. The summed E-state index contributed by atoms with van der Waals surface area (Å²) < 4.78 is 28.0. The Morgan fingerprint density at radius 3 is 2.50 bits per heavy atom. The monoisotopic (exact) mass is 346 g/mol. The Bertz CT molecular complexity index is 882. The number of carbonyl (C=O) groups is 1. The fraction of sp³-hybridized carbons (Fsp3) is 0.235. The molecule has 0 spiro atoms. The molecule has 126 valence electrons. The Kier molecular flexibility index (Phi) is 4.29. The summed E-state index contributed by atoms with van der Waals surface area (Å²) in [6, 6.07) is 9.41. The van der Waals surface area contributed by atoms with Gasteiger partial charge in [-0.3, -0.25) is 4.79 Å². The van der Waals surface area contributed by atoms with Crippen LogP contribution in [0.1, 0.15) is 30.8 Å². The van der Waals surface area contributed by atoms with Crippen molar-refractivity contribution in [1.29, 1.82) is 0 Å². The Morgan fingerprint density at radius 2 is 1.92 bits per heavy atom. The Labute approximate surface area is 140 Å². The first-order valence-corrected chi connectivity index (χ1v) is 9.09. The molecule has 1 aromatic heterocycles. The second kappa shape index (κ2) is 6.26. The number of benzene rings is 1. The van der Waals surface area contributed by atoms with Crippen molar-refractivity contribution in [2.24, 2.45) is 11.1 Å². The molecule has 24 heavy (non-hydrogen) atoms. The molecule has 3 rings (SSSR count). The molecule has 0 saturated heterocycles. The van der Waals surface area contributed by atoms with E-state index in [9.17, 15) is 13.2 Å². The van der Waals surface area contributed by atoms with E-state index in [1.54, 1.807) is 6.08 Å². The molecular weight excluding hydrogens is 328 g/mol. The summed E-state index contributed by atoms with van der Waals surface area (Å²) in [5, 5.41) is 7.66. The van der Waals surface area contributed by atoms with Gasteiger partial charge in [-0.1, -0.05) is 6.92 Å². The van der Waals surface area contributed by atoms with Gasteiger partial charge >= 0.3 is 0 Å². The first-order valence-electron chi connectivity index (χ1n) is 7.54. The average molecular weight is 346 g/mol. The minimum absolute atomic E-state index is 0.00606. The van der Waals surface area contributed by atoms with Gasteiger partial charge in [0.2, 0.25) is 15.9 Å². The van der Waals surface area contributed by atoms with Crippen LogP contribution >= 0.6 is 0 Å². The standard InChI is InChI=1S/C17H18N2O4S/c1-11-10-15(11)16-8-4-13(23-16)5-9-17(20)19-12-2-6-14(7-3-12)24(18,21)22/h2-9,11,15H,10H2,1H3,(H,19,20)(H2,18,21,22). The molecule has 0 radical (unpaired) electrons. The molecule has 1 aromatic carbocycles. The maximum absolute atomic E-state index is 11.9. The molecule has 2 aromatic rings. The summed E-state index contributed by atoms with van der Waals surface area (Å²) in [7, 11) is -3.74. The molecule has 1 saturated carbocycles. The van der Waals surface area contributed by atoms with Crippen LogP contribution in [-0.4, -0.2) is 14.3 Å². The maximum Gasteiger partial charge on any atom is 0.248 e. The zero-order chi connectivity index (χ0) is 17.3. The van der Waals surface area contributed by atoms with E-state index in [-0.39, 0.29) is 10.8 Å². The van der Waals surface area contributed by atoms with Crippen LogP contribution in [0, 0.1) is 5.92 Å². The zero-order valence-corrected chi connectivity index (χ0v) is 13.9. The molecule has 1 heterocycles. The summed E-state index contributed by atoms with van der Waals surface area (Å²) in [5.41, 5.74) is 0.476. The SMILES string of the molecule is CC1CC1c1ccc(C=CC(=O)Nc2ccc(S(N)(=O)=O)cc2)o1.